The van der Waals surface area contributed by atoms with Gasteiger partial charge >= 0.3 is 0 Å². The maximum Gasteiger partial charge on any atom is 0.298 e. The van der Waals surface area contributed by atoms with Crippen LogP contribution in [0.1, 0.15) is 13.3 Å². The van der Waals surface area contributed by atoms with E-state index in [-0.39, 0.29) is 17.2 Å². The molecule has 0 radical (unpaired) electrons. The van der Waals surface area contributed by atoms with Crippen LogP contribution in [-0.4, -0.2) is 29.2 Å². The third-order valence-electron chi connectivity index (χ3n) is 3.62. The van der Waals surface area contributed by atoms with Crippen LogP contribution in [0.2, 0.25) is 0 Å². The molecule has 2 atom stereocenters. The number of para-hydroxylation sites is 1. The van der Waals surface area contributed by atoms with Gasteiger partial charge in [-0.05, 0) is 19.4 Å². The van der Waals surface area contributed by atoms with E-state index >= 15 is 0 Å². The zero-order chi connectivity index (χ0) is 14.1. The number of rotatable bonds is 4. The highest BCUT2D eigenvalue weighted by Gasteiger charge is 2.24. The molecule has 2 unspecified atom stereocenters. The number of nitrogens with one attached hydrogen (secondary N) is 1. The topological polar surface area (TPSA) is 90.4 Å². The summed E-state index contributed by atoms with van der Waals surface area (Å²) in [6, 6.07) is 5.13. The Morgan fingerprint density at radius 1 is 1.55 bits per heavy atom. The smallest absolute Gasteiger partial charge is 0.298 e. The molecule has 0 spiro atoms. The fraction of sp³-hybridized carbons (Fsp3) is 0.462. The first-order chi connectivity index (χ1) is 9.65. The van der Waals surface area contributed by atoms with Crippen molar-refractivity contribution in [1.29, 1.82) is 0 Å². The maximum atomic E-state index is 10.9. The molecule has 106 valence electrons. The van der Waals surface area contributed by atoms with Gasteiger partial charge in [0.05, 0.1) is 11.5 Å². The van der Waals surface area contributed by atoms with Crippen molar-refractivity contribution in [3.8, 4) is 0 Å². The second-order valence-electron chi connectivity index (χ2n) is 4.96. The third-order valence-corrected chi connectivity index (χ3v) is 3.62. The van der Waals surface area contributed by atoms with E-state index < -0.39 is 4.92 Å². The maximum absolute atomic E-state index is 10.9. The summed E-state index contributed by atoms with van der Waals surface area (Å²) < 4.78 is 10.9. The number of fused-ring (bicyclic) bond motifs is 1. The van der Waals surface area contributed by atoms with Gasteiger partial charge in [0.15, 0.2) is 11.1 Å². The molecule has 1 aliphatic rings. The van der Waals surface area contributed by atoms with Gasteiger partial charge in [-0.15, -0.1) is 0 Å². The molecule has 3 rings (SSSR count). The fourth-order valence-corrected chi connectivity index (χ4v) is 2.40. The number of benzene rings is 1. The summed E-state index contributed by atoms with van der Waals surface area (Å²) >= 11 is 0. The number of nitrogens with zero attached hydrogens (tertiary/aromatic N) is 2. The van der Waals surface area contributed by atoms with Gasteiger partial charge in [-0.2, -0.15) is 4.98 Å². The highest BCUT2D eigenvalue weighted by Crippen LogP contribution is 2.28. The first kappa shape index (κ1) is 12.9. The lowest BCUT2D eigenvalue weighted by molar-refractivity contribution is -0.383. The first-order valence-electron chi connectivity index (χ1n) is 6.53. The lowest BCUT2D eigenvalue weighted by atomic mass is 10.0. The summed E-state index contributed by atoms with van der Waals surface area (Å²) in [7, 11) is 0. The molecule has 1 aliphatic heterocycles. The minimum absolute atomic E-state index is 0.0452. The third kappa shape index (κ3) is 2.32. The minimum Gasteiger partial charge on any atom is -0.423 e. The van der Waals surface area contributed by atoms with Crippen LogP contribution in [0, 0.1) is 16.0 Å². The van der Waals surface area contributed by atoms with E-state index in [0.717, 1.165) is 13.0 Å². The van der Waals surface area contributed by atoms with Gasteiger partial charge < -0.3 is 14.5 Å². The van der Waals surface area contributed by atoms with E-state index in [2.05, 4.69) is 10.3 Å². The van der Waals surface area contributed by atoms with Crippen LogP contribution in [0.4, 0.5) is 11.7 Å². The normalized spacial score (nSPS) is 20.1. The Labute approximate surface area is 115 Å². The van der Waals surface area contributed by atoms with Crippen LogP contribution in [0.5, 0.6) is 0 Å². The Kier molecular flexibility index (Phi) is 3.27. The molecule has 20 heavy (non-hydrogen) atoms. The summed E-state index contributed by atoms with van der Waals surface area (Å²) in [5.74, 6) is 0.403. The Morgan fingerprint density at radius 2 is 2.40 bits per heavy atom. The fourth-order valence-electron chi connectivity index (χ4n) is 2.40. The second-order valence-corrected chi connectivity index (χ2v) is 4.96. The number of hydrogen-bond donors (Lipinski definition) is 1. The number of anilines is 1. The van der Waals surface area contributed by atoms with Crippen LogP contribution in [0.25, 0.3) is 11.1 Å². The van der Waals surface area contributed by atoms with Crippen LogP contribution in [0.15, 0.2) is 22.6 Å². The predicted molar refractivity (Wildman–Crippen MR) is 72.7 cm³/mol. The van der Waals surface area contributed by atoms with Crippen molar-refractivity contribution in [1.82, 2.24) is 4.98 Å². The highest BCUT2D eigenvalue weighted by atomic mass is 16.6. The molecule has 1 aromatic carbocycles. The van der Waals surface area contributed by atoms with Crippen molar-refractivity contribution >= 4 is 22.8 Å². The zero-order valence-corrected chi connectivity index (χ0v) is 11.0. The van der Waals surface area contributed by atoms with Crippen LogP contribution in [-0.2, 0) is 4.74 Å². The van der Waals surface area contributed by atoms with Gasteiger partial charge in [0, 0.05) is 24.6 Å². The largest absolute Gasteiger partial charge is 0.423 e. The van der Waals surface area contributed by atoms with Crippen molar-refractivity contribution in [3.63, 3.8) is 0 Å². The summed E-state index contributed by atoms with van der Waals surface area (Å²) in [5, 5.41) is 14.1. The molecule has 1 saturated heterocycles. The molecule has 2 heterocycles. The average molecular weight is 277 g/mol. The van der Waals surface area contributed by atoms with Crippen molar-refractivity contribution in [2.75, 3.05) is 18.5 Å². The van der Waals surface area contributed by atoms with Crippen molar-refractivity contribution in [2.45, 2.75) is 19.4 Å². The lowest BCUT2D eigenvalue weighted by Gasteiger charge is -2.17. The molecule has 0 aliphatic carbocycles. The molecule has 1 fully saturated rings. The number of non-ortho nitro benzene ring substituents is 1. The summed E-state index contributed by atoms with van der Waals surface area (Å²) in [4.78, 5) is 14.7. The molecular formula is C13H15N3O4. The van der Waals surface area contributed by atoms with E-state index in [1.54, 1.807) is 12.1 Å². The lowest BCUT2D eigenvalue weighted by Crippen LogP contribution is -2.26. The first-order valence-corrected chi connectivity index (χ1v) is 6.53. The SMILES string of the molecule is CC(Nc1nc2c([N+](=O)[O-])cccc2o1)C1CCOC1. The predicted octanol–water partition coefficient (Wildman–Crippen LogP) is 2.57. The number of nitro groups is 1. The van der Waals surface area contributed by atoms with Crippen LogP contribution < -0.4 is 5.32 Å². The van der Waals surface area contributed by atoms with Gasteiger partial charge in [0.2, 0.25) is 0 Å². The van der Waals surface area contributed by atoms with E-state index in [9.17, 15) is 10.1 Å². The Morgan fingerprint density at radius 3 is 3.10 bits per heavy atom. The van der Waals surface area contributed by atoms with E-state index in [0.29, 0.717) is 24.1 Å². The average Bonchev–Trinajstić information content (AvgIpc) is 3.06. The van der Waals surface area contributed by atoms with Gasteiger partial charge in [-0.1, -0.05) is 6.07 Å². The van der Waals surface area contributed by atoms with Gasteiger partial charge in [-0.3, -0.25) is 10.1 Å². The quantitative estimate of drug-likeness (QED) is 0.682. The van der Waals surface area contributed by atoms with Crippen molar-refractivity contribution in [2.24, 2.45) is 5.92 Å². The zero-order valence-electron chi connectivity index (χ0n) is 11.0. The summed E-state index contributed by atoms with van der Waals surface area (Å²) in [6.07, 6.45) is 0.995. The molecule has 7 nitrogen and oxygen atoms in total. The second kappa shape index (κ2) is 5.09. The van der Waals surface area contributed by atoms with Crippen LogP contribution >= 0.6 is 0 Å². The Hall–Kier alpha value is -2.15. The molecule has 2 aromatic rings. The molecule has 0 amide bonds. The van der Waals surface area contributed by atoms with E-state index in [1.165, 1.54) is 6.07 Å². The van der Waals surface area contributed by atoms with Crippen molar-refractivity contribution in [3.05, 3.63) is 28.3 Å². The monoisotopic (exact) mass is 277 g/mol. The summed E-state index contributed by atoms with van der Waals surface area (Å²) in [6.45, 7) is 3.52. The van der Waals surface area contributed by atoms with Gasteiger partial charge in [-0.25, -0.2) is 0 Å². The summed E-state index contributed by atoms with van der Waals surface area (Å²) in [5.41, 5.74) is 0.641. The molecule has 0 saturated carbocycles. The Bertz CT molecular complexity index is 634. The molecule has 7 heteroatoms. The molecule has 1 N–H and O–H groups in total. The van der Waals surface area contributed by atoms with Crippen molar-refractivity contribution < 1.29 is 14.1 Å². The molecule has 1 aromatic heterocycles. The molecule has 0 bridgehead atoms. The number of ether oxygens (including phenoxy) is 1. The van der Waals surface area contributed by atoms with Gasteiger partial charge in [0.1, 0.15) is 0 Å². The number of hydrogen-bond acceptors (Lipinski definition) is 6. The molecular weight excluding hydrogens is 262 g/mol. The number of aromatic nitrogens is 1. The van der Waals surface area contributed by atoms with Crippen LogP contribution in [0.3, 0.4) is 0 Å². The van der Waals surface area contributed by atoms with Gasteiger partial charge in [0.25, 0.3) is 11.7 Å². The van der Waals surface area contributed by atoms with E-state index in [4.69, 9.17) is 9.15 Å². The van der Waals surface area contributed by atoms with E-state index in [1.807, 2.05) is 6.92 Å². The standard InChI is InChI=1S/C13H15N3O4/c1-8(9-5-6-19-7-9)14-13-15-12-10(16(17)18)3-2-4-11(12)20-13/h2-4,8-9H,5-7H2,1H3,(H,14,15). The minimum atomic E-state index is -0.455. The Balaban J connectivity index is 1.85. The number of oxazole rings is 1. The number of nitro benzene ring substituents is 1. The highest BCUT2D eigenvalue weighted by molar-refractivity contribution is 5.84.